The van der Waals surface area contributed by atoms with Crippen molar-refractivity contribution in [2.75, 3.05) is 11.5 Å². The number of pyridine rings is 1. The van der Waals surface area contributed by atoms with Gasteiger partial charge in [-0.25, -0.2) is 9.97 Å². The second-order valence-corrected chi connectivity index (χ2v) is 7.10. The molecule has 0 fully saturated rings. The van der Waals surface area contributed by atoms with Crippen molar-refractivity contribution in [2.45, 2.75) is 13.8 Å². The standard InChI is InChI=1S/C22H19N7/c1-12-9-18-19(10-13(12)2)29(21(26-18)14-5-7-25-8-6-14)15-3-4-16-17(11-15)27-22(24)28-20(16)23/h3-11H,1-2H3,(H4,23,24,27,28). The molecule has 5 rings (SSSR count). The number of hydrogen-bond acceptors (Lipinski definition) is 6. The van der Waals surface area contributed by atoms with Gasteiger partial charge in [0.05, 0.1) is 16.6 Å². The van der Waals surface area contributed by atoms with E-state index >= 15 is 0 Å². The number of nitrogen functional groups attached to an aromatic ring is 2. The summed E-state index contributed by atoms with van der Waals surface area (Å²) in [6, 6.07) is 14.1. The van der Waals surface area contributed by atoms with E-state index in [0.717, 1.165) is 33.5 Å². The highest BCUT2D eigenvalue weighted by Crippen LogP contribution is 2.31. The first-order valence-corrected chi connectivity index (χ1v) is 9.24. The summed E-state index contributed by atoms with van der Waals surface area (Å²) in [5, 5.41) is 0.768. The molecule has 0 radical (unpaired) electrons. The lowest BCUT2D eigenvalue weighted by Crippen LogP contribution is -2.02. The zero-order valence-corrected chi connectivity index (χ0v) is 16.1. The summed E-state index contributed by atoms with van der Waals surface area (Å²) in [4.78, 5) is 17.5. The molecule has 7 nitrogen and oxygen atoms in total. The zero-order chi connectivity index (χ0) is 20.1. The topological polar surface area (TPSA) is 109 Å². The van der Waals surface area contributed by atoms with Crippen molar-refractivity contribution in [2.24, 2.45) is 0 Å². The minimum atomic E-state index is 0.156. The summed E-state index contributed by atoms with van der Waals surface area (Å²) < 4.78 is 2.13. The first-order chi connectivity index (χ1) is 14.0. The Hall–Kier alpha value is -4.00. The molecule has 0 unspecified atom stereocenters. The van der Waals surface area contributed by atoms with E-state index in [0.29, 0.717) is 11.3 Å². The Morgan fingerprint density at radius 1 is 0.793 bits per heavy atom. The van der Waals surface area contributed by atoms with Crippen molar-refractivity contribution in [3.8, 4) is 17.1 Å². The maximum Gasteiger partial charge on any atom is 0.222 e. The minimum Gasteiger partial charge on any atom is -0.383 e. The van der Waals surface area contributed by atoms with Crippen LogP contribution in [0.15, 0.2) is 54.9 Å². The van der Waals surface area contributed by atoms with Crippen LogP contribution in [0.2, 0.25) is 0 Å². The normalized spacial score (nSPS) is 11.4. The maximum atomic E-state index is 6.02. The highest BCUT2D eigenvalue weighted by Gasteiger charge is 2.16. The number of nitrogens with two attached hydrogens (primary N) is 2. The third-order valence-corrected chi connectivity index (χ3v) is 5.19. The lowest BCUT2D eigenvalue weighted by molar-refractivity contribution is 1.10. The molecule has 0 amide bonds. The van der Waals surface area contributed by atoms with Gasteiger partial charge < -0.3 is 11.5 Å². The number of hydrogen-bond donors (Lipinski definition) is 2. The first-order valence-electron chi connectivity index (χ1n) is 9.24. The summed E-state index contributed by atoms with van der Waals surface area (Å²) in [6.07, 6.45) is 3.54. The van der Waals surface area contributed by atoms with Crippen molar-refractivity contribution < 1.29 is 0 Å². The van der Waals surface area contributed by atoms with E-state index in [1.54, 1.807) is 12.4 Å². The van der Waals surface area contributed by atoms with Gasteiger partial charge in [-0.1, -0.05) is 0 Å². The van der Waals surface area contributed by atoms with Crippen LogP contribution in [0.25, 0.3) is 39.0 Å². The van der Waals surface area contributed by atoms with Crippen LogP contribution in [0.3, 0.4) is 0 Å². The second kappa shape index (κ2) is 6.27. The molecule has 0 aliphatic rings. The Kier molecular flexibility index (Phi) is 3.70. The summed E-state index contributed by atoms with van der Waals surface area (Å²) in [5.41, 5.74) is 18.8. The maximum absolute atomic E-state index is 6.02. The molecular weight excluding hydrogens is 362 g/mol. The molecule has 0 aliphatic heterocycles. The van der Waals surface area contributed by atoms with E-state index in [4.69, 9.17) is 16.5 Å². The van der Waals surface area contributed by atoms with E-state index < -0.39 is 0 Å². The van der Waals surface area contributed by atoms with Gasteiger partial charge in [0.1, 0.15) is 11.6 Å². The average Bonchev–Trinajstić information content (AvgIpc) is 3.06. The molecule has 7 heteroatoms. The van der Waals surface area contributed by atoms with Crippen LogP contribution in [0.5, 0.6) is 0 Å². The van der Waals surface area contributed by atoms with Gasteiger partial charge in [-0.3, -0.25) is 9.55 Å². The molecule has 0 saturated heterocycles. The van der Waals surface area contributed by atoms with Crippen molar-refractivity contribution in [3.05, 3.63) is 66.0 Å². The highest BCUT2D eigenvalue weighted by molar-refractivity contribution is 5.92. The smallest absolute Gasteiger partial charge is 0.222 e. The van der Waals surface area contributed by atoms with Crippen LogP contribution < -0.4 is 11.5 Å². The number of nitrogens with zero attached hydrogens (tertiary/aromatic N) is 5. The van der Waals surface area contributed by atoms with Crippen molar-refractivity contribution in [1.82, 2.24) is 24.5 Å². The highest BCUT2D eigenvalue weighted by atomic mass is 15.1. The predicted molar refractivity (Wildman–Crippen MR) is 116 cm³/mol. The lowest BCUT2D eigenvalue weighted by Gasteiger charge is -2.12. The van der Waals surface area contributed by atoms with E-state index in [9.17, 15) is 0 Å². The van der Waals surface area contributed by atoms with Gasteiger partial charge in [0.25, 0.3) is 0 Å². The summed E-state index contributed by atoms with van der Waals surface area (Å²) in [7, 11) is 0. The van der Waals surface area contributed by atoms with Gasteiger partial charge in [-0.2, -0.15) is 4.98 Å². The number of imidazole rings is 1. The Labute approximate surface area is 167 Å². The van der Waals surface area contributed by atoms with Crippen LogP contribution >= 0.6 is 0 Å². The fourth-order valence-corrected chi connectivity index (χ4v) is 3.59. The molecule has 3 heterocycles. The van der Waals surface area contributed by atoms with Gasteiger partial charge >= 0.3 is 0 Å². The molecule has 0 bridgehead atoms. The van der Waals surface area contributed by atoms with E-state index in [1.807, 2.05) is 30.3 Å². The molecular formula is C22H19N7. The first kappa shape index (κ1) is 17.1. The van der Waals surface area contributed by atoms with Crippen LogP contribution in [0, 0.1) is 13.8 Å². The van der Waals surface area contributed by atoms with Crippen molar-refractivity contribution >= 4 is 33.7 Å². The largest absolute Gasteiger partial charge is 0.383 e. The summed E-state index contributed by atoms with van der Waals surface area (Å²) in [5.74, 6) is 1.36. The average molecular weight is 381 g/mol. The molecule has 0 spiro atoms. The molecule has 2 aromatic carbocycles. The quantitative estimate of drug-likeness (QED) is 0.481. The van der Waals surface area contributed by atoms with Gasteiger partial charge in [0, 0.05) is 29.0 Å². The molecule has 0 saturated carbocycles. The molecule has 4 N–H and O–H groups in total. The Morgan fingerprint density at radius 2 is 1.55 bits per heavy atom. The lowest BCUT2D eigenvalue weighted by atomic mass is 10.1. The number of aryl methyl sites for hydroxylation is 2. The van der Waals surface area contributed by atoms with Gasteiger partial charge in [0.15, 0.2) is 0 Å². The van der Waals surface area contributed by atoms with Gasteiger partial charge in [-0.15, -0.1) is 0 Å². The minimum absolute atomic E-state index is 0.156. The fourth-order valence-electron chi connectivity index (χ4n) is 3.59. The van der Waals surface area contributed by atoms with Gasteiger partial charge in [-0.05, 0) is 67.4 Å². The second-order valence-electron chi connectivity index (χ2n) is 7.10. The van der Waals surface area contributed by atoms with Crippen LogP contribution in [0.1, 0.15) is 11.1 Å². The Bertz CT molecular complexity index is 1390. The SMILES string of the molecule is Cc1cc2nc(-c3ccncc3)n(-c3ccc4c(N)nc(N)nc4c3)c2cc1C. The molecule has 29 heavy (non-hydrogen) atoms. The molecule has 3 aromatic heterocycles. The Morgan fingerprint density at radius 3 is 2.34 bits per heavy atom. The number of anilines is 2. The van der Waals surface area contributed by atoms with Crippen LogP contribution in [0.4, 0.5) is 11.8 Å². The van der Waals surface area contributed by atoms with Crippen molar-refractivity contribution in [1.29, 1.82) is 0 Å². The van der Waals surface area contributed by atoms with E-state index in [1.165, 1.54) is 11.1 Å². The zero-order valence-electron chi connectivity index (χ0n) is 16.1. The summed E-state index contributed by atoms with van der Waals surface area (Å²) in [6.45, 7) is 4.20. The van der Waals surface area contributed by atoms with Gasteiger partial charge in [0.2, 0.25) is 5.95 Å². The fraction of sp³-hybridized carbons (Fsp3) is 0.0909. The van der Waals surface area contributed by atoms with Crippen molar-refractivity contribution in [3.63, 3.8) is 0 Å². The monoisotopic (exact) mass is 381 g/mol. The van der Waals surface area contributed by atoms with Crippen LogP contribution in [-0.2, 0) is 0 Å². The van der Waals surface area contributed by atoms with E-state index in [-0.39, 0.29) is 5.95 Å². The summed E-state index contributed by atoms with van der Waals surface area (Å²) >= 11 is 0. The third kappa shape index (κ3) is 2.75. The van der Waals surface area contributed by atoms with E-state index in [2.05, 4.69) is 45.5 Å². The predicted octanol–water partition coefficient (Wildman–Crippen LogP) is 3.81. The molecule has 142 valence electrons. The number of aromatic nitrogens is 5. The number of benzene rings is 2. The molecule has 0 atom stereocenters. The molecule has 0 aliphatic carbocycles. The molecule has 5 aromatic rings. The Balaban J connectivity index is 1.86. The number of rotatable bonds is 2. The third-order valence-electron chi connectivity index (χ3n) is 5.19. The number of fused-ring (bicyclic) bond motifs is 2. The van der Waals surface area contributed by atoms with Crippen LogP contribution in [-0.4, -0.2) is 24.5 Å².